The van der Waals surface area contributed by atoms with Crippen LogP contribution in [0, 0.1) is 0 Å². The Morgan fingerprint density at radius 3 is 2.67 bits per heavy atom. The van der Waals surface area contributed by atoms with Gasteiger partial charge in [-0.1, -0.05) is 39.1 Å². The van der Waals surface area contributed by atoms with Crippen LogP contribution in [0.3, 0.4) is 0 Å². The molecule has 0 fully saturated rings. The number of anilines is 1. The van der Waals surface area contributed by atoms with Crippen LogP contribution in [-0.2, 0) is 10.0 Å². The van der Waals surface area contributed by atoms with Crippen LogP contribution in [0.2, 0.25) is 10.2 Å². The fraction of sp³-hybridized carbons (Fsp3) is 0.0909. The van der Waals surface area contributed by atoms with Crippen LogP contribution < -0.4 is 9.46 Å². The van der Waals surface area contributed by atoms with Crippen molar-refractivity contribution in [2.24, 2.45) is 0 Å². The van der Waals surface area contributed by atoms with E-state index in [9.17, 15) is 8.42 Å². The molecule has 0 saturated heterocycles. The monoisotopic (exact) mass is 411 g/mol. The first-order valence-corrected chi connectivity index (χ1v) is 8.40. The normalized spacial score (nSPS) is 11.2. The van der Waals surface area contributed by atoms with Crippen LogP contribution in [0.1, 0.15) is 0 Å². The van der Waals surface area contributed by atoms with Crippen molar-refractivity contribution in [3.63, 3.8) is 0 Å². The van der Waals surface area contributed by atoms with Gasteiger partial charge in [0.2, 0.25) is 0 Å². The van der Waals surface area contributed by atoms with E-state index in [4.69, 9.17) is 27.9 Å². The van der Waals surface area contributed by atoms with Gasteiger partial charge in [0.05, 0.1) is 7.11 Å². The number of sulfonamides is 1. The van der Waals surface area contributed by atoms with Gasteiger partial charge in [-0.05, 0) is 18.2 Å². The maximum absolute atomic E-state index is 12.4. The summed E-state index contributed by atoms with van der Waals surface area (Å²) in [6.07, 6.45) is 1.10. The van der Waals surface area contributed by atoms with Crippen LogP contribution in [0.25, 0.3) is 0 Å². The minimum atomic E-state index is -3.96. The van der Waals surface area contributed by atoms with E-state index in [0.717, 1.165) is 6.33 Å². The highest BCUT2D eigenvalue weighted by Gasteiger charge is 2.22. The van der Waals surface area contributed by atoms with E-state index in [1.165, 1.54) is 19.2 Å². The van der Waals surface area contributed by atoms with Crippen molar-refractivity contribution in [1.29, 1.82) is 0 Å². The van der Waals surface area contributed by atoms with Gasteiger partial charge >= 0.3 is 0 Å². The molecule has 1 heterocycles. The molecule has 2 aromatic rings. The summed E-state index contributed by atoms with van der Waals surface area (Å²) in [5.74, 6) is 0.0701. The Bertz CT molecular complexity index is 786. The third-order valence-electron chi connectivity index (χ3n) is 2.39. The Labute approximate surface area is 139 Å². The Balaban J connectivity index is 2.48. The molecule has 112 valence electrons. The molecule has 0 unspecified atom stereocenters. The zero-order chi connectivity index (χ0) is 15.6. The zero-order valence-corrected chi connectivity index (χ0v) is 14.4. The number of nitrogens with zero attached hydrogens (tertiary/aromatic N) is 2. The molecule has 0 atom stereocenters. The Morgan fingerprint density at radius 1 is 1.29 bits per heavy atom. The van der Waals surface area contributed by atoms with Crippen molar-refractivity contribution in [2.75, 3.05) is 11.8 Å². The standard InChI is InChI=1S/C11H8BrCl2N3O3S/c1-20-7-3-2-6(12)4-8(7)21(18,19)17-11-9(13)10(14)15-5-16-11/h2-5H,1H3,(H,15,16,17). The van der Waals surface area contributed by atoms with E-state index in [1.807, 2.05) is 0 Å². The number of rotatable bonds is 4. The van der Waals surface area contributed by atoms with Gasteiger partial charge in [-0.15, -0.1) is 0 Å². The van der Waals surface area contributed by atoms with E-state index in [1.54, 1.807) is 6.07 Å². The molecule has 0 saturated carbocycles. The first kappa shape index (κ1) is 16.3. The van der Waals surface area contributed by atoms with Crippen molar-refractivity contribution >= 4 is 55.0 Å². The average molecular weight is 413 g/mol. The fourth-order valence-electron chi connectivity index (χ4n) is 1.46. The molecule has 0 amide bonds. The summed E-state index contributed by atoms with van der Waals surface area (Å²) in [6.45, 7) is 0. The molecule has 1 aromatic carbocycles. The first-order chi connectivity index (χ1) is 9.85. The van der Waals surface area contributed by atoms with E-state index < -0.39 is 10.0 Å². The quantitative estimate of drug-likeness (QED) is 0.778. The summed E-state index contributed by atoms with van der Waals surface area (Å²) in [7, 11) is -2.58. The predicted octanol–water partition coefficient (Wildman–Crippen LogP) is 3.36. The molecule has 21 heavy (non-hydrogen) atoms. The number of halogens is 3. The first-order valence-electron chi connectivity index (χ1n) is 5.37. The zero-order valence-electron chi connectivity index (χ0n) is 10.5. The van der Waals surface area contributed by atoms with Crippen molar-refractivity contribution in [3.05, 3.63) is 39.2 Å². The molecule has 1 N–H and O–H groups in total. The number of ether oxygens (including phenoxy) is 1. The summed E-state index contributed by atoms with van der Waals surface area (Å²) in [5.41, 5.74) is 0. The van der Waals surface area contributed by atoms with Crippen molar-refractivity contribution in [1.82, 2.24) is 9.97 Å². The number of benzene rings is 1. The Hall–Kier alpha value is -1.09. The topological polar surface area (TPSA) is 81.2 Å². The third kappa shape index (κ3) is 3.57. The maximum Gasteiger partial charge on any atom is 0.266 e. The molecule has 0 aliphatic carbocycles. The van der Waals surface area contributed by atoms with Gasteiger partial charge in [0, 0.05) is 4.47 Å². The van der Waals surface area contributed by atoms with Gasteiger partial charge in [0.25, 0.3) is 10.0 Å². The molecule has 0 aliphatic heterocycles. The van der Waals surface area contributed by atoms with Crippen molar-refractivity contribution in [3.8, 4) is 5.75 Å². The highest BCUT2D eigenvalue weighted by Crippen LogP contribution is 2.31. The number of hydrogen-bond acceptors (Lipinski definition) is 5. The summed E-state index contributed by atoms with van der Waals surface area (Å²) in [5, 5.41) is -0.137. The number of nitrogens with one attached hydrogen (secondary N) is 1. The van der Waals surface area contributed by atoms with Gasteiger partial charge in [0.15, 0.2) is 11.0 Å². The molecule has 1 aromatic heterocycles. The molecule has 10 heteroatoms. The van der Waals surface area contributed by atoms with Crippen LogP contribution in [0.4, 0.5) is 5.82 Å². The number of hydrogen-bond donors (Lipinski definition) is 1. The van der Waals surface area contributed by atoms with Crippen LogP contribution in [0.5, 0.6) is 5.75 Å². The minimum absolute atomic E-state index is 0.0504. The molecule has 2 rings (SSSR count). The van der Waals surface area contributed by atoms with Crippen molar-refractivity contribution < 1.29 is 13.2 Å². The lowest BCUT2D eigenvalue weighted by Crippen LogP contribution is -2.15. The average Bonchev–Trinajstić information content (AvgIpc) is 2.44. The Morgan fingerprint density at radius 2 is 2.00 bits per heavy atom. The predicted molar refractivity (Wildman–Crippen MR) is 83.6 cm³/mol. The van der Waals surface area contributed by atoms with Crippen LogP contribution >= 0.6 is 39.1 Å². The van der Waals surface area contributed by atoms with Crippen LogP contribution in [0.15, 0.2) is 33.9 Å². The van der Waals surface area contributed by atoms with Gasteiger partial charge < -0.3 is 4.74 Å². The number of aromatic nitrogens is 2. The fourth-order valence-corrected chi connectivity index (χ4v) is 3.53. The highest BCUT2D eigenvalue weighted by molar-refractivity contribution is 9.10. The molecule has 0 bridgehead atoms. The second-order valence-electron chi connectivity index (χ2n) is 3.73. The van der Waals surface area contributed by atoms with E-state index >= 15 is 0 Å². The largest absolute Gasteiger partial charge is 0.495 e. The number of methoxy groups -OCH3 is 1. The second kappa shape index (κ2) is 6.35. The molecular formula is C11H8BrCl2N3O3S. The lowest BCUT2D eigenvalue weighted by molar-refractivity contribution is 0.403. The Kier molecular flexibility index (Phi) is 4.92. The van der Waals surface area contributed by atoms with Gasteiger partial charge in [-0.2, -0.15) is 0 Å². The molecular weight excluding hydrogens is 405 g/mol. The minimum Gasteiger partial charge on any atom is -0.495 e. The van der Waals surface area contributed by atoms with Crippen molar-refractivity contribution in [2.45, 2.75) is 4.90 Å². The lowest BCUT2D eigenvalue weighted by atomic mass is 10.3. The third-order valence-corrected chi connectivity index (χ3v) is 4.99. The van der Waals surface area contributed by atoms with Gasteiger partial charge in [-0.3, -0.25) is 4.72 Å². The highest BCUT2D eigenvalue weighted by atomic mass is 79.9. The smallest absolute Gasteiger partial charge is 0.266 e. The van der Waals surface area contributed by atoms with E-state index in [-0.39, 0.29) is 26.6 Å². The van der Waals surface area contributed by atoms with E-state index in [0.29, 0.717) is 4.47 Å². The summed E-state index contributed by atoms with van der Waals surface area (Å²) in [4.78, 5) is 7.34. The van der Waals surface area contributed by atoms with Gasteiger partial charge in [-0.25, -0.2) is 18.4 Å². The molecule has 0 aliphatic rings. The molecule has 0 spiro atoms. The van der Waals surface area contributed by atoms with Crippen LogP contribution in [-0.4, -0.2) is 25.5 Å². The van der Waals surface area contributed by atoms with Gasteiger partial charge in [0.1, 0.15) is 22.0 Å². The molecule has 6 nitrogen and oxygen atoms in total. The summed E-state index contributed by atoms with van der Waals surface area (Å²) >= 11 is 14.8. The van der Waals surface area contributed by atoms with E-state index in [2.05, 4.69) is 30.6 Å². The summed E-state index contributed by atoms with van der Waals surface area (Å²) < 4.78 is 32.7. The maximum atomic E-state index is 12.4. The SMILES string of the molecule is COc1ccc(Br)cc1S(=O)(=O)Nc1ncnc(Cl)c1Cl. The second-order valence-corrected chi connectivity index (χ2v) is 7.03. The summed E-state index contributed by atoms with van der Waals surface area (Å²) in [6, 6.07) is 4.58. The lowest BCUT2D eigenvalue weighted by Gasteiger charge is -2.12. The molecule has 0 radical (unpaired) electrons.